The standard InChI is InChI=1S/C20H16ClN5O3/c1-27-15-4-2-3-13(9-15)17-10-26-16(11-28-17)18(23-25-26)20-22-19(24-29-20)12-5-7-14(21)8-6-12/h2-9,17H,10-11H2,1H3/t17-/m1/s1. The van der Waals surface area contributed by atoms with E-state index >= 15 is 0 Å². The Hall–Kier alpha value is -3.23. The van der Waals surface area contributed by atoms with Crippen LogP contribution in [0.15, 0.2) is 53.1 Å². The number of hydrogen-bond donors (Lipinski definition) is 0. The van der Waals surface area contributed by atoms with Crippen LogP contribution in [-0.4, -0.2) is 32.2 Å². The first-order chi connectivity index (χ1) is 14.2. The van der Waals surface area contributed by atoms with Gasteiger partial charge in [-0.15, -0.1) is 5.10 Å². The van der Waals surface area contributed by atoms with Gasteiger partial charge in [-0.3, -0.25) is 0 Å². The van der Waals surface area contributed by atoms with Crippen LogP contribution in [-0.2, 0) is 17.9 Å². The third-order valence-corrected chi connectivity index (χ3v) is 5.05. The zero-order chi connectivity index (χ0) is 19.8. The molecule has 0 saturated heterocycles. The van der Waals surface area contributed by atoms with Gasteiger partial charge < -0.3 is 14.0 Å². The van der Waals surface area contributed by atoms with E-state index in [1.54, 1.807) is 19.2 Å². The van der Waals surface area contributed by atoms with Gasteiger partial charge in [0.05, 0.1) is 26.0 Å². The fourth-order valence-corrected chi connectivity index (χ4v) is 3.38. The van der Waals surface area contributed by atoms with Crippen molar-refractivity contribution in [3.8, 4) is 28.7 Å². The number of hydrogen-bond acceptors (Lipinski definition) is 7. The molecule has 2 aromatic carbocycles. The molecule has 2 aromatic heterocycles. The highest BCUT2D eigenvalue weighted by molar-refractivity contribution is 6.30. The Morgan fingerprint density at radius 3 is 2.86 bits per heavy atom. The van der Waals surface area contributed by atoms with Crippen LogP contribution < -0.4 is 4.74 Å². The van der Waals surface area contributed by atoms with Gasteiger partial charge in [0.2, 0.25) is 5.82 Å². The SMILES string of the molecule is COc1cccc([C@H]2Cn3nnc(-c4nc(-c5ccc(Cl)cc5)no4)c3CO2)c1. The maximum absolute atomic E-state index is 6.05. The van der Waals surface area contributed by atoms with Crippen LogP contribution in [0.25, 0.3) is 23.0 Å². The fraction of sp³-hybridized carbons (Fsp3) is 0.200. The lowest BCUT2D eigenvalue weighted by Gasteiger charge is -2.24. The van der Waals surface area contributed by atoms with Gasteiger partial charge in [0.25, 0.3) is 5.89 Å². The van der Waals surface area contributed by atoms with E-state index in [0.717, 1.165) is 22.6 Å². The third kappa shape index (κ3) is 3.37. The topological polar surface area (TPSA) is 88.1 Å². The molecule has 0 unspecified atom stereocenters. The van der Waals surface area contributed by atoms with Crippen LogP contribution in [0, 0.1) is 0 Å². The van der Waals surface area contributed by atoms with E-state index < -0.39 is 0 Å². The van der Waals surface area contributed by atoms with Crippen molar-refractivity contribution in [2.24, 2.45) is 0 Å². The number of methoxy groups -OCH3 is 1. The number of nitrogens with zero attached hydrogens (tertiary/aromatic N) is 5. The van der Waals surface area contributed by atoms with Crippen LogP contribution in [0.1, 0.15) is 17.4 Å². The predicted octanol–water partition coefficient (Wildman–Crippen LogP) is 3.93. The van der Waals surface area contributed by atoms with Crippen molar-refractivity contribution in [1.29, 1.82) is 0 Å². The van der Waals surface area contributed by atoms with E-state index in [1.807, 2.05) is 41.1 Å². The molecule has 0 amide bonds. The second-order valence-corrected chi connectivity index (χ2v) is 7.01. The summed E-state index contributed by atoms with van der Waals surface area (Å²) in [6, 6.07) is 15.0. The Labute approximate surface area is 171 Å². The minimum atomic E-state index is -0.139. The molecule has 3 heterocycles. The second-order valence-electron chi connectivity index (χ2n) is 6.57. The molecule has 0 bridgehead atoms. The van der Waals surface area contributed by atoms with Gasteiger partial charge in [-0.05, 0) is 42.0 Å². The highest BCUT2D eigenvalue weighted by Gasteiger charge is 2.28. The molecule has 8 nitrogen and oxygen atoms in total. The summed E-state index contributed by atoms with van der Waals surface area (Å²) in [6.45, 7) is 0.872. The second kappa shape index (κ2) is 7.31. The molecular weight excluding hydrogens is 394 g/mol. The van der Waals surface area contributed by atoms with Gasteiger partial charge in [0.15, 0.2) is 5.69 Å². The average molecular weight is 410 g/mol. The molecule has 0 aliphatic carbocycles. The Balaban J connectivity index is 1.40. The molecule has 0 saturated carbocycles. The van der Waals surface area contributed by atoms with Crippen molar-refractivity contribution in [3.05, 3.63) is 64.8 Å². The van der Waals surface area contributed by atoms with Crippen molar-refractivity contribution >= 4 is 11.6 Å². The zero-order valence-corrected chi connectivity index (χ0v) is 16.2. The van der Waals surface area contributed by atoms with E-state index in [-0.39, 0.29) is 6.10 Å². The van der Waals surface area contributed by atoms with Crippen molar-refractivity contribution in [2.75, 3.05) is 7.11 Å². The molecule has 0 spiro atoms. The highest BCUT2D eigenvalue weighted by atomic mass is 35.5. The van der Waals surface area contributed by atoms with Gasteiger partial charge in [0.1, 0.15) is 11.9 Å². The minimum absolute atomic E-state index is 0.139. The van der Waals surface area contributed by atoms with Gasteiger partial charge in [-0.25, -0.2) is 4.68 Å². The van der Waals surface area contributed by atoms with Crippen LogP contribution in [0.5, 0.6) is 5.75 Å². The van der Waals surface area contributed by atoms with E-state index in [0.29, 0.717) is 35.6 Å². The number of rotatable bonds is 4. The molecule has 0 fully saturated rings. The Bertz CT molecular complexity index is 1160. The summed E-state index contributed by atoms with van der Waals surface area (Å²) < 4.78 is 18.6. The monoisotopic (exact) mass is 409 g/mol. The highest BCUT2D eigenvalue weighted by Crippen LogP contribution is 2.32. The van der Waals surface area contributed by atoms with E-state index in [1.165, 1.54) is 0 Å². The first-order valence-corrected chi connectivity index (χ1v) is 9.37. The Morgan fingerprint density at radius 2 is 2.03 bits per heavy atom. The maximum atomic E-state index is 6.05. The van der Waals surface area contributed by atoms with Gasteiger partial charge >= 0.3 is 0 Å². The normalized spacial score (nSPS) is 15.9. The first kappa shape index (κ1) is 17.8. The molecule has 1 aliphatic rings. The molecule has 146 valence electrons. The van der Waals surface area contributed by atoms with E-state index in [9.17, 15) is 0 Å². The molecule has 1 atom stereocenters. The number of fused-ring (bicyclic) bond motifs is 1. The van der Waals surface area contributed by atoms with Crippen molar-refractivity contribution in [2.45, 2.75) is 19.3 Å². The molecule has 0 N–H and O–H groups in total. The molecule has 0 radical (unpaired) electrons. The lowest BCUT2D eigenvalue weighted by molar-refractivity contribution is -0.00127. The summed E-state index contributed by atoms with van der Waals surface area (Å²) in [4.78, 5) is 4.45. The maximum Gasteiger partial charge on any atom is 0.280 e. The van der Waals surface area contributed by atoms with Crippen molar-refractivity contribution < 1.29 is 14.0 Å². The number of halogens is 1. The average Bonchev–Trinajstić information content (AvgIpc) is 3.41. The number of aromatic nitrogens is 5. The molecule has 9 heteroatoms. The Kier molecular flexibility index (Phi) is 4.49. The van der Waals surface area contributed by atoms with E-state index in [4.69, 9.17) is 25.6 Å². The minimum Gasteiger partial charge on any atom is -0.497 e. The molecule has 5 rings (SSSR count). The van der Waals surface area contributed by atoms with Gasteiger partial charge in [0, 0.05) is 10.6 Å². The van der Waals surface area contributed by atoms with Crippen LogP contribution >= 0.6 is 11.6 Å². The van der Waals surface area contributed by atoms with Crippen LogP contribution in [0.2, 0.25) is 5.02 Å². The lowest BCUT2D eigenvalue weighted by atomic mass is 10.1. The van der Waals surface area contributed by atoms with Crippen LogP contribution in [0.4, 0.5) is 0 Å². The summed E-state index contributed by atoms with van der Waals surface area (Å²) in [5.41, 5.74) is 3.16. The summed E-state index contributed by atoms with van der Waals surface area (Å²) in [6.07, 6.45) is -0.139. The molecule has 29 heavy (non-hydrogen) atoms. The number of ether oxygens (including phenoxy) is 2. The van der Waals surface area contributed by atoms with E-state index in [2.05, 4.69) is 20.5 Å². The first-order valence-electron chi connectivity index (χ1n) is 8.99. The molecular formula is C20H16ClN5O3. The predicted molar refractivity (Wildman–Crippen MR) is 104 cm³/mol. The smallest absolute Gasteiger partial charge is 0.280 e. The Morgan fingerprint density at radius 1 is 1.17 bits per heavy atom. The molecule has 4 aromatic rings. The van der Waals surface area contributed by atoms with Gasteiger partial charge in [-0.2, -0.15) is 4.98 Å². The summed E-state index contributed by atoms with van der Waals surface area (Å²) in [5, 5.41) is 13.2. The fourth-order valence-electron chi connectivity index (χ4n) is 3.26. The number of benzene rings is 2. The third-order valence-electron chi connectivity index (χ3n) is 4.79. The summed E-state index contributed by atoms with van der Waals surface area (Å²) in [5.74, 6) is 1.56. The largest absolute Gasteiger partial charge is 0.497 e. The zero-order valence-electron chi connectivity index (χ0n) is 15.4. The van der Waals surface area contributed by atoms with Crippen molar-refractivity contribution in [1.82, 2.24) is 25.1 Å². The summed E-state index contributed by atoms with van der Waals surface area (Å²) in [7, 11) is 1.64. The quantitative estimate of drug-likeness (QED) is 0.504. The summed E-state index contributed by atoms with van der Waals surface area (Å²) >= 11 is 5.93. The van der Waals surface area contributed by atoms with Crippen molar-refractivity contribution in [3.63, 3.8) is 0 Å². The molecule has 1 aliphatic heterocycles. The van der Waals surface area contributed by atoms with Crippen LogP contribution in [0.3, 0.4) is 0 Å². The van der Waals surface area contributed by atoms with Gasteiger partial charge in [-0.1, -0.05) is 34.1 Å². The lowest BCUT2D eigenvalue weighted by Crippen LogP contribution is -2.22.